The van der Waals surface area contributed by atoms with Crippen LogP contribution in [0.3, 0.4) is 0 Å². The normalized spacial score (nSPS) is 36.4. The fraction of sp³-hybridized carbons (Fsp3) is 1.00. The van der Waals surface area contributed by atoms with E-state index in [9.17, 15) is 13.2 Å². The van der Waals surface area contributed by atoms with Crippen molar-refractivity contribution in [2.75, 3.05) is 25.2 Å². The number of thioether (sulfide) groups is 1. The van der Waals surface area contributed by atoms with E-state index in [-0.39, 0.29) is 11.5 Å². The lowest BCUT2D eigenvalue weighted by Gasteiger charge is -2.41. The summed E-state index contributed by atoms with van der Waals surface area (Å²) in [5.74, 6) is 1.49. The van der Waals surface area contributed by atoms with Crippen molar-refractivity contribution in [3.8, 4) is 0 Å². The van der Waals surface area contributed by atoms with Gasteiger partial charge in [0.05, 0.1) is 5.60 Å². The van der Waals surface area contributed by atoms with E-state index in [1.54, 1.807) is 11.8 Å². The van der Waals surface area contributed by atoms with Crippen molar-refractivity contribution in [1.82, 2.24) is 5.32 Å². The molecule has 3 atom stereocenters. The third-order valence-corrected chi connectivity index (χ3v) is 4.96. The summed E-state index contributed by atoms with van der Waals surface area (Å²) in [5, 5.41) is 2.43. The van der Waals surface area contributed by atoms with Crippen molar-refractivity contribution in [3.63, 3.8) is 0 Å². The summed E-state index contributed by atoms with van der Waals surface area (Å²) < 4.78 is 44.4. The number of alkyl halides is 3. The first-order chi connectivity index (χ1) is 7.97. The van der Waals surface area contributed by atoms with Crippen LogP contribution in [-0.2, 0) is 4.74 Å². The molecule has 3 unspecified atom stereocenters. The number of hydrogen-bond donors (Lipinski definition) is 1. The van der Waals surface area contributed by atoms with Crippen LogP contribution in [0.25, 0.3) is 0 Å². The zero-order valence-electron chi connectivity index (χ0n) is 9.85. The van der Waals surface area contributed by atoms with E-state index in [0.717, 1.165) is 17.9 Å². The van der Waals surface area contributed by atoms with E-state index in [1.165, 1.54) is 7.05 Å². The highest BCUT2D eigenvalue weighted by atomic mass is 32.2. The van der Waals surface area contributed by atoms with Crippen LogP contribution in [-0.4, -0.2) is 43.0 Å². The topological polar surface area (TPSA) is 21.3 Å². The van der Waals surface area contributed by atoms with E-state index in [1.807, 2.05) is 0 Å². The largest absolute Gasteiger partial charge is 0.404 e. The Hall–Kier alpha value is 0.0600. The highest BCUT2D eigenvalue weighted by molar-refractivity contribution is 7.99. The van der Waals surface area contributed by atoms with Crippen LogP contribution in [0, 0.1) is 5.92 Å². The van der Waals surface area contributed by atoms with Gasteiger partial charge >= 0.3 is 6.18 Å². The summed E-state index contributed by atoms with van der Waals surface area (Å²) in [6.07, 6.45) is -2.24. The van der Waals surface area contributed by atoms with E-state index >= 15 is 0 Å². The second-order valence-electron chi connectivity index (χ2n) is 4.89. The van der Waals surface area contributed by atoms with Gasteiger partial charge in [-0.2, -0.15) is 24.9 Å². The Kier molecular flexibility index (Phi) is 3.95. The first-order valence-corrected chi connectivity index (χ1v) is 7.08. The van der Waals surface area contributed by atoms with Crippen molar-refractivity contribution in [2.45, 2.75) is 37.1 Å². The van der Waals surface area contributed by atoms with Gasteiger partial charge < -0.3 is 10.1 Å². The van der Waals surface area contributed by atoms with Crippen LogP contribution in [0.4, 0.5) is 13.2 Å². The van der Waals surface area contributed by atoms with Crippen molar-refractivity contribution in [1.29, 1.82) is 0 Å². The predicted octanol–water partition coefficient (Wildman–Crippen LogP) is 2.44. The van der Waals surface area contributed by atoms with Crippen LogP contribution in [0.2, 0.25) is 0 Å². The fourth-order valence-corrected chi connectivity index (χ4v) is 4.26. The minimum atomic E-state index is -4.16. The summed E-state index contributed by atoms with van der Waals surface area (Å²) in [5.41, 5.74) is -0.284. The van der Waals surface area contributed by atoms with Gasteiger partial charge in [-0.3, -0.25) is 0 Å². The minimum Gasteiger partial charge on any atom is -0.374 e. The van der Waals surface area contributed by atoms with Crippen molar-refractivity contribution < 1.29 is 17.9 Å². The molecule has 2 fully saturated rings. The summed E-state index contributed by atoms with van der Waals surface area (Å²) in [6.45, 7) is 0.458. The fourth-order valence-electron chi connectivity index (χ4n) is 2.88. The molecule has 100 valence electrons. The van der Waals surface area contributed by atoms with Gasteiger partial charge in [0.1, 0.15) is 6.04 Å². The van der Waals surface area contributed by atoms with E-state index < -0.39 is 12.2 Å². The Morgan fingerprint density at radius 1 is 1.47 bits per heavy atom. The van der Waals surface area contributed by atoms with Crippen LogP contribution in [0.1, 0.15) is 19.3 Å². The van der Waals surface area contributed by atoms with Gasteiger partial charge in [-0.25, -0.2) is 0 Å². The molecule has 2 nitrogen and oxygen atoms in total. The van der Waals surface area contributed by atoms with Gasteiger partial charge in [-0.1, -0.05) is 0 Å². The highest BCUT2D eigenvalue weighted by Crippen LogP contribution is 2.43. The average Bonchev–Trinajstić information content (AvgIpc) is 2.65. The van der Waals surface area contributed by atoms with E-state index in [0.29, 0.717) is 19.4 Å². The molecule has 1 spiro atoms. The third-order valence-electron chi connectivity index (χ3n) is 3.73. The molecule has 0 aromatic heterocycles. The van der Waals surface area contributed by atoms with Crippen molar-refractivity contribution >= 4 is 11.8 Å². The molecule has 6 heteroatoms. The molecule has 1 N–H and O–H groups in total. The Morgan fingerprint density at radius 2 is 2.24 bits per heavy atom. The molecular weight excluding hydrogens is 251 g/mol. The maximum absolute atomic E-state index is 12.9. The molecule has 0 amide bonds. The molecule has 2 saturated heterocycles. The summed E-state index contributed by atoms with van der Waals surface area (Å²) in [4.78, 5) is 0. The van der Waals surface area contributed by atoms with Crippen LogP contribution >= 0.6 is 11.8 Å². The molecule has 0 saturated carbocycles. The Morgan fingerprint density at radius 3 is 2.76 bits per heavy atom. The SMILES string of the molecule is CNC(C1CCOC2(CCSC2)C1)C(F)(F)F. The van der Waals surface area contributed by atoms with Crippen molar-refractivity contribution in [2.24, 2.45) is 5.92 Å². The third kappa shape index (κ3) is 2.90. The summed E-state index contributed by atoms with van der Waals surface area (Å²) >= 11 is 1.78. The number of ether oxygens (including phenoxy) is 1. The quantitative estimate of drug-likeness (QED) is 0.832. The lowest BCUT2D eigenvalue weighted by Crippen LogP contribution is -2.52. The Bertz CT molecular complexity index is 266. The van der Waals surface area contributed by atoms with Gasteiger partial charge in [-0.15, -0.1) is 0 Å². The van der Waals surface area contributed by atoms with Crippen LogP contribution < -0.4 is 5.32 Å². The molecule has 2 heterocycles. The van der Waals surface area contributed by atoms with E-state index in [4.69, 9.17) is 4.74 Å². The second kappa shape index (κ2) is 4.97. The first-order valence-electron chi connectivity index (χ1n) is 5.92. The number of hydrogen-bond acceptors (Lipinski definition) is 3. The number of halogens is 3. The standard InChI is InChI=1S/C11H18F3NOS/c1-15-9(11(12,13)14)8-2-4-16-10(6-8)3-5-17-7-10/h8-9,15H,2-7H2,1H3. The molecule has 0 aromatic rings. The van der Waals surface area contributed by atoms with Gasteiger partial charge in [0.15, 0.2) is 0 Å². The molecule has 2 aliphatic rings. The molecule has 0 bridgehead atoms. The zero-order valence-corrected chi connectivity index (χ0v) is 10.7. The Balaban J connectivity index is 2.05. The average molecular weight is 269 g/mol. The van der Waals surface area contributed by atoms with Gasteiger partial charge in [-0.05, 0) is 38.0 Å². The first kappa shape index (κ1) is 13.5. The van der Waals surface area contributed by atoms with Crippen molar-refractivity contribution in [3.05, 3.63) is 0 Å². The molecule has 0 aliphatic carbocycles. The van der Waals surface area contributed by atoms with Gasteiger partial charge in [0.2, 0.25) is 0 Å². The maximum atomic E-state index is 12.9. The molecular formula is C11H18F3NOS. The Labute approximate surface area is 104 Å². The maximum Gasteiger partial charge on any atom is 0.404 e. The summed E-state index contributed by atoms with van der Waals surface area (Å²) in [6, 6.07) is -1.39. The van der Waals surface area contributed by atoms with E-state index in [2.05, 4.69) is 5.32 Å². The number of rotatable bonds is 2. The monoisotopic (exact) mass is 269 g/mol. The molecule has 17 heavy (non-hydrogen) atoms. The lowest BCUT2D eigenvalue weighted by atomic mass is 9.81. The zero-order chi connectivity index (χ0) is 12.5. The highest BCUT2D eigenvalue weighted by Gasteiger charge is 2.49. The lowest BCUT2D eigenvalue weighted by molar-refractivity contribution is -0.183. The predicted molar refractivity (Wildman–Crippen MR) is 62.3 cm³/mol. The summed E-state index contributed by atoms with van der Waals surface area (Å²) in [7, 11) is 1.39. The van der Waals surface area contributed by atoms with Gasteiger partial charge in [0, 0.05) is 12.4 Å². The second-order valence-corrected chi connectivity index (χ2v) is 6.00. The van der Waals surface area contributed by atoms with Crippen LogP contribution in [0.15, 0.2) is 0 Å². The van der Waals surface area contributed by atoms with Crippen LogP contribution in [0.5, 0.6) is 0 Å². The smallest absolute Gasteiger partial charge is 0.374 e. The molecule has 0 radical (unpaired) electrons. The number of nitrogens with one attached hydrogen (secondary N) is 1. The van der Waals surface area contributed by atoms with Gasteiger partial charge in [0.25, 0.3) is 0 Å². The molecule has 2 aliphatic heterocycles. The molecule has 0 aromatic carbocycles. The molecule has 2 rings (SSSR count). The minimum absolute atomic E-state index is 0.284.